The highest BCUT2D eigenvalue weighted by atomic mass is 16.5. The summed E-state index contributed by atoms with van der Waals surface area (Å²) in [6.45, 7) is 3.31. The van der Waals surface area contributed by atoms with Crippen molar-refractivity contribution in [2.45, 2.75) is 25.8 Å². The molecule has 2 aromatic heterocycles. The third-order valence-corrected chi connectivity index (χ3v) is 5.23. The molecule has 1 N–H and O–H groups in total. The molecule has 0 radical (unpaired) electrons. The van der Waals surface area contributed by atoms with Crippen molar-refractivity contribution in [2.24, 2.45) is 0 Å². The molecule has 3 aromatic rings. The van der Waals surface area contributed by atoms with Crippen molar-refractivity contribution in [3.05, 3.63) is 60.2 Å². The van der Waals surface area contributed by atoms with Crippen LogP contribution in [0.15, 0.2) is 48.9 Å². The van der Waals surface area contributed by atoms with Crippen LogP contribution in [-0.4, -0.2) is 56.8 Å². The summed E-state index contributed by atoms with van der Waals surface area (Å²) in [5.74, 6) is 1.30. The van der Waals surface area contributed by atoms with E-state index in [1.165, 1.54) is 6.33 Å². The molecule has 1 saturated heterocycles. The zero-order valence-corrected chi connectivity index (χ0v) is 16.6. The Kier molecular flexibility index (Phi) is 5.41. The van der Waals surface area contributed by atoms with Crippen molar-refractivity contribution in [3.63, 3.8) is 0 Å². The number of piperidine rings is 1. The van der Waals surface area contributed by atoms with Crippen molar-refractivity contribution in [1.29, 1.82) is 0 Å². The molecule has 0 spiro atoms. The minimum absolute atomic E-state index is 0.0341. The van der Waals surface area contributed by atoms with E-state index in [-0.39, 0.29) is 11.9 Å². The number of rotatable bonds is 5. The molecule has 0 atom stereocenters. The summed E-state index contributed by atoms with van der Waals surface area (Å²) in [4.78, 5) is 23.2. The van der Waals surface area contributed by atoms with E-state index in [9.17, 15) is 4.79 Å². The number of ether oxygens (including phenoxy) is 1. The van der Waals surface area contributed by atoms with E-state index in [1.807, 2.05) is 46.8 Å². The molecule has 3 heterocycles. The fourth-order valence-electron chi connectivity index (χ4n) is 3.59. The Balaban J connectivity index is 1.39. The number of benzene rings is 1. The maximum atomic E-state index is 13.0. The van der Waals surface area contributed by atoms with Crippen LogP contribution >= 0.6 is 0 Å². The molecule has 1 fully saturated rings. The summed E-state index contributed by atoms with van der Waals surface area (Å²) in [7, 11) is 1.58. The third kappa shape index (κ3) is 4.06. The molecule has 8 nitrogen and oxygen atoms in total. The maximum Gasteiger partial charge on any atom is 0.257 e. The van der Waals surface area contributed by atoms with Gasteiger partial charge >= 0.3 is 0 Å². The standard InChI is InChI=1S/C21H24N6O2/c1-15-18(13-24-27(15)17-6-4-3-5-7-17)21(28)26-10-8-16(9-11-26)25-19-12-20(29-2)23-14-22-19/h3-7,12-14,16H,8-11H2,1-2H3,(H,22,23,25). The Morgan fingerprint density at radius 1 is 1.17 bits per heavy atom. The van der Waals surface area contributed by atoms with Crippen LogP contribution in [0.5, 0.6) is 5.88 Å². The van der Waals surface area contributed by atoms with Crippen LogP contribution in [0.25, 0.3) is 5.69 Å². The minimum atomic E-state index is 0.0341. The molecule has 0 unspecified atom stereocenters. The molecule has 1 aliphatic rings. The average molecular weight is 392 g/mol. The Bertz CT molecular complexity index is 980. The number of carbonyl (C=O) groups is 1. The number of amides is 1. The fraction of sp³-hybridized carbons (Fsp3) is 0.333. The normalized spacial score (nSPS) is 14.6. The molecular formula is C21H24N6O2. The van der Waals surface area contributed by atoms with Gasteiger partial charge in [-0.05, 0) is 31.9 Å². The van der Waals surface area contributed by atoms with Gasteiger partial charge in [-0.1, -0.05) is 18.2 Å². The lowest BCUT2D eigenvalue weighted by molar-refractivity contribution is 0.0717. The minimum Gasteiger partial charge on any atom is -0.481 e. The van der Waals surface area contributed by atoms with Gasteiger partial charge in [-0.3, -0.25) is 4.79 Å². The number of hydrogen-bond donors (Lipinski definition) is 1. The van der Waals surface area contributed by atoms with Crippen molar-refractivity contribution in [1.82, 2.24) is 24.6 Å². The lowest BCUT2D eigenvalue weighted by atomic mass is 10.0. The highest BCUT2D eigenvalue weighted by molar-refractivity contribution is 5.95. The highest BCUT2D eigenvalue weighted by Gasteiger charge is 2.26. The highest BCUT2D eigenvalue weighted by Crippen LogP contribution is 2.21. The zero-order chi connectivity index (χ0) is 20.2. The van der Waals surface area contributed by atoms with E-state index in [4.69, 9.17) is 4.74 Å². The van der Waals surface area contributed by atoms with Crippen LogP contribution in [0.1, 0.15) is 28.9 Å². The predicted molar refractivity (Wildman–Crippen MR) is 109 cm³/mol. The molecule has 1 aromatic carbocycles. The quantitative estimate of drug-likeness (QED) is 0.719. The number of aromatic nitrogens is 4. The third-order valence-electron chi connectivity index (χ3n) is 5.23. The first-order valence-corrected chi connectivity index (χ1v) is 9.67. The van der Waals surface area contributed by atoms with E-state index >= 15 is 0 Å². The van der Waals surface area contributed by atoms with E-state index in [0.29, 0.717) is 24.5 Å². The molecule has 0 aliphatic carbocycles. The molecular weight excluding hydrogens is 368 g/mol. The van der Waals surface area contributed by atoms with Gasteiger partial charge in [-0.15, -0.1) is 0 Å². The van der Waals surface area contributed by atoms with Crippen LogP contribution in [0.3, 0.4) is 0 Å². The molecule has 150 valence electrons. The largest absolute Gasteiger partial charge is 0.481 e. The monoisotopic (exact) mass is 392 g/mol. The Labute approximate surface area is 169 Å². The van der Waals surface area contributed by atoms with Crippen molar-refractivity contribution in [3.8, 4) is 11.6 Å². The summed E-state index contributed by atoms with van der Waals surface area (Å²) in [5.41, 5.74) is 2.46. The maximum absolute atomic E-state index is 13.0. The molecule has 0 saturated carbocycles. The van der Waals surface area contributed by atoms with Crippen LogP contribution in [-0.2, 0) is 0 Å². The zero-order valence-electron chi connectivity index (χ0n) is 16.6. The van der Waals surface area contributed by atoms with Crippen molar-refractivity contribution >= 4 is 11.7 Å². The first-order chi connectivity index (χ1) is 14.2. The van der Waals surface area contributed by atoms with Crippen LogP contribution in [0.4, 0.5) is 5.82 Å². The SMILES string of the molecule is COc1cc(NC2CCN(C(=O)c3cnn(-c4ccccc4)c3C)CC2)ncn1. The summed E-state index contributed by atoms with van der Waals surface area (Å²) in [6.07, 6.45) is 4.85. The number of methoxy groups -OCH3 is 1. The average Bonchev–Trinajstić information content (AvgIpc) is 3.16. The Morgan fingerprint density at radius 2 is 1.93 bits per heavy atom. The van der Waals surface area contributed by atoms with Gasteiger partial charge in [0.25, 0.3) is 5.91 Å². The lowest BCUT2D eigenvalue weighted by Crippen LogP contribution is -2.42. The van der Waals surface area contributed by atoms with E-state index < -0.39 is 0 Å². The van der Waals surface area contributed by atoms with Gasteiger partial charge in [0.05, 0.1) is 30.3 Å². The Hall–Kier alpha value is -3.42. The van der Waals surface area contributed by atoms with Crippen LogP contribution < -0.4 is 10.1 Å². The van der Waals surface area contributed by atoms with E-state index in [0.717, 1.165) is 30.0 Å². The number of para-hydroxylation sites is 1. The van der Waals surface area contributed by atoms with Crippen molar-refractivity contribution < 1.29 is 9.53 Å². The first-order valence-electron chi connectivity index (χ1n) is 9.67. The van der Waals surface area contributed by atoms with Crippen molar-refractivity contribution in [2.75, 3.05) is 25.5 Å². The van der Waals surface area contributed by atoms with Gasteiger partial charge in [0.2, 0.25) is 5.88 Å². The second kappa shape index (κ2) is 8.30. The summed E-state index contributed by atoms with van der Waals surface area (Å²) in [5, 5.41) is 7.83. The number of likely N-dealkylation sites (tertiary alicyclic amines) is 1. The molecule has 1 aliphatic heterocycles. The smallest absolute Gasteiger partial charge is 0.257 e. The topological polar surface area (TPSA) is 85.2 Å². The number of nitrogens with zero attached hydrogens (tertiary/aromatic N) is 5. The molecule has 29 heavy (non-hydrogen) atoms. The lowest BCUT2D eigenvalue weighted by Gasteiger charge is -2.32. The van der Waals surface area contributed by atoms with Crippen LogP contribution in [0, 0.1) is 6.92 Å². The van der Waals surface area contributed by atoms with Gasteiger partial charge in [-0.25, -0.2) is 14.6 Å². The number of carbonyl (C=O) groups excluding carboxylic acids is 1. The number of nitrogens with one attached hydrogen (secondary N) is 1. The molecule has 8 heteroatoms. The summed E-state index contributed by atoms with van der Waals surface area (Å²) >= 11 is 0. The number of hydrogen-bond acceptors (Lipinski definition) is 6. The van der Waals surface area contributed by atoms with Gasteiger partial charge in [0, 0.05) is 25.2 Å². The van der Waals surface area contributed by atoms with Gasteiger partial charge in [-0.2, -0.15) is 5.10 Å². The van der Waals surface area contributed by atoms with Gasteiger partial charge < -0.3 is 15.0 Å². The van der Waals surface area contributed by atoms with Crippen LogP contribution in [0.2, 0.25) is 0 Å². The number of anilines is 1. The molecule has 1 amide bonds. The van der Waals surface area contributed by atoms with Gasteiger partial charge in [0.15, 0.2) is 0 Å². The first kappa shape index (κ1) is 18.9. The molecule has 4 rings (SSSR count). The summed E-state index contributed by atoms with van der Waals surface area (Å²) < 4.78 is 6.94. The van der Waals surface area contributed by atoms with Gasteiger partial charge in [0.1, 0.15) is 12.1 Å². The summed E-state index contributed by atoms with van der Waals surface area (Å²) in [6, 6.07) is 11.9. The second-order valence-corrected chi connectivity index (χ2v) is 7.05. The van der Waals surface area contributed by atoms with E-state index in [2.05, 4.69) is 20.4 Å². The molecule has 0 bridgehead atoms. The van der Waals surface area contributed by atoms with E-state index in [1.54, 1.807) is 19.4 Å². The Morgan fingerprint density at radius 3 is 2.66 bits per heavy atom. The predicted octanol–water partition coefficient (Wildman–Crippen LogP) is 2.70. The second-order valence-electron chi connectivity index (χ2n) is 7.05. The fourth-order valence-corrected chi connectivity index (χ4v) is 3.59.